The van der Waals surface area contributed by atoms with Crippen LogP contribution in [0.2, 0.25) is 0 Å². The van der Waals surface area contributed by atoms with Crippen LogP contribution in [0.4, 0.5) is 5.69 Å². The van der Waals surface area contributed by atoms with Crippen LogP contribution in [0.1, 0.15) is 22.0 Å². The molecular formula is C17H17NO5S. The predicted molar refractivity (Wildman–Crippen MR) is 89.2 cm³/mol. The number of benzene rings is 2. The summed E-state index contributed by atoms with van der Waals surface area (Å²) in [6, 6.07) is 11.5. The van der Waals surface area contributed by atoms with Crippen LogP contribution in [-0.4, -0.2) is 34.3 Å². The molecule has 1 heterocycles. The van der Waals surface area contributed by atoms with E-state index in [-0.39, 0.29) is 16.6 Å². The van der Waals surface area contributed by atoms with Crippen molar-refractivity contribution in [2.45, 2.75) is 11.0 Å². The lowest BCUT2D eigenvalue weighted by molar-refractivity contribution is 0.102. The highest BCUT2D eigenvalue weighted by molar-refractivity contribution is 7.91. The maximum Gasteiger partial charge on any atom is 0.255 e. The first kappa shape index (κ1) is 16.5. The van der Waals surface area contributed by atoms with Crippen molar-refractivity contribution >= 4 is 21.4 Å². The quantitative estimate of drug-likeness (QED) is 0.918. The molecule has 0 aliphatic carbocycles. The van der Waals surface area contributed by atoms with Gasteiger partial charge in [0.05, 0.1) is 23.9 Å². The molecule has 3 rings (SSSR count). The van der Waals surface area contributed by atoms with Gasteiger partial charge in [0, 0.05) is 23.9 Å². The number of methoxy groups -OCH3 is 2. The number of hydrogen-bond donors (Lipinski definition) is 1. The molecule has 126 valence electrons. The number of nitrogens with one attached hydrogen (secondary N) is 1. The number of rotatable bonds is 4. The molecule has 1 amide bonds. The van der Waals surface area contributed by atoms with Gasteiger partial charge in [-0.15, -0.1) is 0 Å². The normalized spacial score (nSPS) is 18.0. The average molecular weight is 347 g/mol. The third-order valence-corrected chi connectivity index (χ3v) is 5.73. The molecule has 1 aliphatic heterocycles. The Morgan fingerprint density at radius 2 is 1.83 bits per heavy atom. The van der Waals surface area contributed by atoms with E-state index in [2.05, 4.69) is 5.32 Å². The number of carbonyl (C=O) groups excluding carboxylic acids is 1. The Morgan fingerprint density at radius 1 is 1.12 bits per heavy atom. The second-order valence-corrected chi connectivity index (χ2v) is 7.44. The second-order valence-electron chi connectivity index (χ2n) is 5.44. The molecule has 24 heavy (non-hydrogen) atoms. The fourth-order valence-electron chi connectivity index (χ4n) is 2.67. The number of ether oxygens (including phenoxy) is 2. The van der Waals surface area contributed by atoms with Gasteiger partial charge in [0.15, 0.2) is 9.84 Å². The average Bonchev–Trinajstić information content (AvgIpc) is 2.85. The summed E-state index contributed by atoms with van der Waals surface area (Å²) in [5.41, 5.74) is 1.50. The van der Waals surface area contributed by atoms with E-state index in [0.29, 0.717) is 22.6 Å². The van der Waals surface area contributed by atoms with Crippen molar-refractivity contribution in [1.82, 2.24) is 0 Å². The van der Waals surface area contributed by atoms with Gasteiger partial charge in [-0.3, -0.25) is 4.79 Å². The van der Waals surface area contributed by atoms with Crippen LogP contribution in [0, 0.1) is 0 Å². The van der Waals surface area contributed by atoms with Gasteiger partial charge in [0.1, 0.15) is 5.75 Å². The van der Waals surface area contributed by atoms with E-state index in [1.165, 1.54) is 13.2 Å². The van der Waals surface area contributed by atoms with E-state index in [9.17, 15) is 13.2 Å². The maximum absolute atomic E-state index is 12.3. The van der Waals surface area contributed by atoms with E-state index in [1.807, 2.05) is 0 Å². The SMILES string of the molecule is COc1ccc(C(=O)Nc2ccc3c(c2)S(=O)(=O)C[C@H]3OC)cc1. The second kappa shape index (κ2) is 6.26. The lowest BCUT2D eigenvalue weighted by atomic mass is 10.1. The largest absolute Gasteiger partial charge is 0.497 e. The number of fused-ring (bicyclic) bond motifs is 1. The number of anilines is 1. The fraction of sp³-hybridized carbons (Fsp3) is 0.235. The summed E-state index contributed by atoms with van der Waals surface area (Å²) >= 11 is 0. The first-order valence-electron chi connectivity index (χ1n) is 7.29. The Kier molecular flexibility index (Phi) is 4.29. The minimum atomic E-state index is -3.39. The van der Waals surface area contributed by atoms with E-state index in [4.69, 9.17) is 9.47 Å². The van der Waals surface area contributed by atoms with E-state index in [0.717, 1.165) is 0 Å². The van der Waals surface area contributed by atoms with E-state index in [1.54, 1.807) is 43.5 Å². The van der Waals surface area contributed by atoms with Crippen molar-refractivity contribution in [2.75, 3.05) is 25.3 Å². The van der Waals surface area contributed by atoms with Gasteiger partial charge in [-0.25, -0.2) is 8.42 Å². The highest BCUT2D eigenvalue weighted by Crippen LogP contribution is 2.36. The molecule has 2 aromatic rings. The van der Waals surface area contributed by atoms with Crippen LogP contribution < -0.4 is 10.1 Å². The summed E-state index contributed by atoms with van der Waals surface area (Å²) in [7, 11) is -0.362. The van der Waals surface area contributed by atoms with Gasteiger partial charge in [-0.1, -0.05) is 6.07 Å². The molecule has 6 nitrogen and oxygen atoms in total. The van der Waals surface area contributed by atoms with Crippen LogP contribution >= 0.6 is 0 Å². The van der Waals surface area contributed by atoms with Gasteiger partial charge in [-0.05, 0) is 36.4 Å². The molecule has 2 aromatic carbocycles. The molecule has 7 heteroatoms. The summed E-state index contributed by atoms with van der Waals surface area (Å²) in [5.74, 6) is 0.256. The summed E-state index contributed by atoms with van der Waals surface area (Å²) in [5, 5.41) is 2.71. The molecule has 0 bridgehead atoms. The van der Waals surface area contributed by atoms with Crippen LogP contribution in [0.15, 0.2) is 47.4 Å². The van der Waals surface area contributed by atoms with Crippen molar-refractivity contribution < 1.29 is 22.7 Å². The first-order valence-corrected chi connectivity index (χ1v) is 8.95. The Balaban J connectivity index is 1.85. The molecule has 0 spiro atoms. The van der Waals surface area contributed by atoms with Crippen LogP contribution in [0.5, 0.6) is 5.75 Å². The molecule has 1 atom stereocenters. The Morgan fingerprint density at radius 3 is 2.46 bits per heavy atom. The van der Waals surface area contributed by atoms with Crippen LogP contribution in [0.25, 0.3) is 0 Å². The number of carbonyl (C=O) groups is 1. The Hall–Kier alpha value is -2.38. The minimum absolute atomic E-state index is 0.0747. The van der Waals surface area contributed by atoms with Crippen molar-refractivity contribution in [1.29, 1.82) is 0 Å². The highest BCUT2D eigenvalue weighted by atomic mass is 32.2. The van der Waals surface area contributed by atoms with Gasteiger partial charge < -0.3 is 14.8 Å². The molecule has 0 aromatic heterocycles. The fourth-order valence-corrected chi connectivity index (χ4v) is 4.43. The van der Waals surface area contributed by atoms with Crippen molar-refractivity contribution in [3.8, 4) is 5.75 Å². The van der Waals surface area contributed by atoms with Gasteiger partial charge in [0.2, 0.25) is 0 Å². The third kappa shape index (κ3) is 3.00. The molecule has 0 unspecified atom stereocenters. The molecule has 1 aliphatic rings. The Bertz CT molecular complexity index is 874. The zero-order valence-corrected chi connectivity index (χ0v) is 14.1. The highest BCUT2D eigenvalue weighted by Gasteiger charge is 2.35. The zero-order valence-electron chi connectivity index (χ0n) is 13.3. The third-order valence-electron chi connectivity index (χ3n) is 3.96. The maximum atomic E-state index is 12.3. The van der Waals surface area contributed by atoms with Crippen molar-refractivity contribution in [3.05, 3.63) is 53.6 Å². The Labute approximate surface area is 140 Å². The smallest absolute Gasteiger partial charge is 0.255 e. The molecule has 0 saturated carbocycles. The number of amides is 1. The molecule has 0 saturated heterocycles. The number of hydrogen-bond acceptors (Lipinski definition) is 5. The summed E-state index contributed by atoms with van der Waals surface area (Å²) in [6.45, 7) is 0. The zero-order chi connectivity index (χ0) is 17.3. The standard InChI is InChI=1S/C17H17NO5S/c1-22-13-6-3-11(4-7-13)17(19)18-12-5-8-14-15(23-2)10-24(20,21)16(14)9-12/h3-9,15H,10H2,1-2H3,(H,18,19)/t15-/m1/s1. The van der Waals surface area contributed by atoms with Gasteiger partial charge >= 0.3 is 0 Å². The lowest BCUT2D eigenvalue weighted by Gasteiger charge is -2.09. The van der Waals surface area contributed by atoms with Crippen LogP contribution in [0.3, 0.4) is 0 Å². The van der Waals surface area contributed by atoms with Gasteiger partial charge in [-0.2, -0.15) is 0 Å². The molecular weight excluding hydrogens is 330 g/mol. The van der Waals surface area contributed by atoms with Crippen LogP contribution in [-0.2, 0) is 14.6 Å². The molecule has 1 N–H and O–H groups in total. The summed E-state index contributed by atoms with van der Waals surface area (Å²) < 4.78 is 34.6. The topological polar surface area (TPSA) is 81.7 Å². The number of sulfone groups is 1. The summed E-state index contributed by atoms with van der Waals surface area (Å²) in [6.07, 6.45) is -0.462. The monoisotopic (exact) mass is 347 g/mol. The van der Waals surface area contributed by atoms with E-state index >= 15 is 0 Å². The predicted octanol–water partition coefficient (Wildman–Crippen LogP) is 2.42. The van der Waals surface area contributed by atoms with E-state index < -0.39 is 15.9 Å². The first-order chi connectivity index (χ1) is 11.4. The van der Waals surface area contributed by atoms with Crippen molar-refractivity contribution in [3.63, 3.8) is 0 Å². The summed E-state index contributed by atoms with van der Waals surface area (Å²) in [4.78, 5) is 12.5. The lowest BCUT2D eigenvalue weighted by Crippen LogP contribution is -2.12. The molecule has 0 radical (unpaired) electrons. The van der Waals surface area contributed by atoms with Crippen molar-refractivity contribution in [2.24, 2.45) is 0 Å². The van der Waals surface area contributed by atoms with Gasteiger partial charge in [0.25, 0.3) is 5.91 Å². The molecule has 0 fully saturated rings. The minimum Gasteiger partial charge on any atom is -0.497 e.